The van der Waals surface area contributed by atoms with E-state index in [0.29, 0.717) is 30.3 Å². The van der Waals surface area contributed by atoms with Gasteiger partial charge in [0.05, 0.1) is 0 Å². The summed E-state index contributed by atoms with van der Waals surface area (Å²) >= 11 is 0. The summed E-state index contributed by atoms with van der Waals surface area (Å²) in [4.78, 5) is 24.9. The Morgan fingerprint density at radius 2 is 1.79 bits per heavy atom. The highest BCUT2D eigenvalue weighted by Crippen LogP contribution is 2.31. The number of amides is 1. The van der Waals surface area contributed by atoms with Crippen LogP contribution in [0.25, 0.3) is 6.08 Å². The van der Waals surface area contributed by atoms with Crippen molar-refractivity contribution < 1.29 is 23.8 Å². The molecule has 144 valence electrons. The molecule has 0 radical (unpaired) electrons. The summed E-state index contributed by atoms with van der Waals surface area (Å²) in [5.74, 6) is 0.448. The van der Waals surface area contributed by atoms with Crippen molar-refractivity contribution >= 4 is 18.0 Å². The maximum absolute atomic E-state index is 12.5. The minimum atomic E-state index is -0.973. The van der Waals surface area contributed by atoms with Gasteiger partial charge in [-0.05, 0) is 36.6 Å². The fourth-order valence-electron chi connectivity index (χ4n) is 2.89. The Morgan fingerprint density at radius 1 is 1.04 bits per heavy atom. The van der Waals surface area contributed by atoms with E-state index in [0.717, 1.165) is 18.4 Å². The van der Waals surface area contributed by atoms with Crippen molar-refractivity contribution in [3.63, 3.8) is 0 Å². The Morgan fingerprint density at radius 3 is 2.54 bits per heavy atom. The lowest BCUT2D eigenvalue weighted by Gasteiger charge is -2.18. The number of fused-ring (bicyclic) bond motifs is 1. The molecule has 1 aliphatic heterocycles. The molecular weight excluding hydrogens is 358 g/mol. The Bertz CT molecular complexity index is 889. The Labute approximate surface area is 163 Å². The summed E-state index contributed by atoms with van der Waals surface area (Å²) in [5, 5.41) is 2.90. The summed E-state index contributed by atoms with van der Waals surface area (Å²) in [5.41, 5.74) is 1.42. The predicted octanol–water partition coefficient (Wildman–Crippen LogP) is 3.03. The van der Waals surface area contributed by atoms with Gasteiger partial charge in [0.2, 0.25) is 6.10 Å². The van der Waals surface area contributed by atoms with Crippen molar-refractivity contribution in [2.24, 2.45) is 0 Å². The standard InChI is InChI=1S/C22H21NO5/c24-20(11-7-15-6-10-18-19(14-15)27-13-12-26-18)28-21(16-4-2-1-3-5-16)22(25)23-17-8-9-17/h1-7,10-11,14,17,21H,8-9,12-13H2,(H,23,25)/b11-7+/t21-/m0/s1. The third kappa shape index (κ3) is 4.52. The molecule has 0 saturated heterocycles. The van der Waals surface area contributed by atoms with Crippen molar-refractivity contribution in [2.45, 2.75) is 25.0 Å². The number of hydrogen-bond acceptors (Lipinski definition) is 5. The minimum Gasteiger partial charge on any atom is -0.486 e. The van der Waals surface area contributed by atoms with Crippen LogP contribution < -0.4 is 14.8 Å². The molecule has 0 spiro atoms. The molecule has 6 nitrogen and oxygen atoms in total. The van der Waals surface area contributed by atoms with E-state index in [2.05, 4.69) is 5.32 Å². The molecule has 0 unspecified atom stereocenters. The highest BCUT2D eigenvalue weighted by molar-refractivity contribution is 5.91. The van der Waals surface area contributed by atoms with E-state index < -0.39 is 12.1 Å². The second-order valence-corrected chi connectivity index (χ2v) is 6.75. The summed E-state index contributed by atoms with van der Waals surface area (Å²) in [7, 11) is 0. The van der Waals surface area contributed by atoms with Gasteiger partial charge in [0.1, 0.15) is 13.2 Å². The van der Waals surface area contributed by atoms with Crippen LogP contribution in [0.15, 0.2) is 54.6 Å². The molecule has 2 aliphatic rings. The molecule has 1 saturated carbocycles. The van der Waals surface area contributed by atoms with Gasteiger partial charge in [0.15, 0.2) is 11.5 Å². The average molecular weight is 379 g/mol. The number of hydrogen-bond donors (Lipinski definition) is 1. The molecule has 0 aromatic heterocycles. The number of carbonyl (C=O) groups excluding carboxylic acids is 2. The first kappa shape index (κ1) is 18.1. The fourth-order valence-corrected chi connectivity index (χ4v) is 2.89. The summed E-state index contributed by atoms with van der Waals surface area (Å²) < 4.78 is 16.5. The quantitative estimate of drug-likeness (QED) is 0.617. The molecule has 4 rings (SSSR count). The molecule has 2 aromatic rings. The SMILES string of the molecule is O=C(/C=C/c1ccc2c(c1)OCCO2)O[C@H](C(=O)NC1CC1)c1ccccc1. The molecule has 1 fully saturated rings. The van der Waals surface area contributed by atoms with E-state index in [4.69, 9.17) is 14.2 Å². The molecule has 0 bridgehead atoms. The first-order valence-electron chi connectivity index (χ1n) is 9.33. The predicted molar refractivity (Wildman–Crippen MR) is 103 cm³/mol. The van der Waals surface area contributed by atoms with E-state index in [1.807, 2.05) is 24.3 Å². The van der Waals surface area contributed by atoms with E-state index in [1.165, 1.54) is 6.08 Å². The molecule has 1 heterocycles. The zero-order valence-corrected chi connectivity index (χ0v) is 15.3. The third-order valence-corrected chi connectivity index (χ3v) is 4.48. The van der Waals surface area contributed by atoms with Gasteiger partial charge in [0, 0.05) is 17.7 Å². The topological polar surface area (TPSA) is 73.9 Å². The van der Waals surface area contributed by atoms with Gasteiger partial charge in [-0.2, -0.15) is 0 Å². The second-order valence-electron chi connectivity index (χ2n) is 6.75. The van der Waals surface area contributed by atoms with Crippen LogP contribution in [0.4, 0.5) is 0 Å². The van der Waals surface area contributed by atoms with Crippen LogP contribution >= 0.6 is 0 Å². The Hall–Kier alpha value is -3.28. The fraction of sp³-hybridized carbons (Fsp3) is 0.273. The van der Waals surface area contributed by atoms with Crippen molar-refractivity contribution in [2.75, 3.05) is 13.2 Å². The Kier molecular flexibility index (Phi) is 5.28. The van der Waals surface area contributed by atoms with Crippen molar-refractivity contribution in [1.82, 2.24) is 5.32 Å². The average Bonchev–Trinajstić information content (AvgIpc) is 3.55. The highest BCUT2D eigenvalue weighted by atomic mass is 16.6. The van der Waals surface area contributed by atoms with Gasteiger partial charge in [-0.25, -0.2) is 4.79 Å². The molecule has 2 aromatic carbocycles. The van der Waals surface area contributed by atoms with Crippen molar-refractivity contribution in [3.05, 3.63) is 65.7 Å². The molecule has 1 atom stereocenters. The van der Waals surface area contributed by atoms with Gasteiger partial charge >= 0.3 is 5.97 Å². The lowest BCUT2D eigenvalue weighted by molar-refractivity contribution is -0.151. The number of benzene rings is 2. The third-order valence-electron chi connectivity index (χ3n) is 4.48. The Balaban J connectivity index is 1.45. The summed E-state index contributed by atoms with van der Waals surface area (Å²) in [6.45, 7) is 1.02. The van der Waals surface area contributed by atoms with E-state index in [9.17, 15) is 9.59 Å². The lowest BCUT2D eigenvalue weighted by atomic mass is 10.1. The number of esters is 1. The van der Waals surface area contributed by atoms with Gasteiger partial charge in [-0.1, -0.05) is 36.4 Å². The van der Waals surface area contributed by atoms with Crippen molar-refractivity contribution in [3.8, 4) is 11.5 Å². The molecular formula is C22H21NO5. The van der Waals surface area contributed by atoms with Gasteiger partial charge in [-0.3, -0.25) is 4.79 Å². The van der Waals surface area contributed by atoms with E-state index in [1.54, 1.807) is 30.3 Å². The minimum absolute atomic E-state index is 0.186. The van der Waals surface area contributed by atoms with Gasteiger partial charge < -0.3 is 19.5 Å². The van der Waals surface area contributed by atoms with Crippen LogP contribution in [0, 0.1) is 0 Å². The summed E-state index contributed by atoms with van der Waals surface area (Å²) in [6, 6.07) is 14.6. The molecule has 1 N–H and O–H groups in total. The normalized spacial score (nSPS) is 16.4. The van der Waals surface area contributed by atoms with Crippen LogP contribution in [0.3, 0.4) is 0 Å². The molecule has 1 aliphatic carbocycles. The number of ether oxygens (including phenoxy) is 3. The smallest absolute Gasteiger partial charge is 0.331 e. The zero-order chi connectivity index (χ0) is 19.3. The van der Waals surface area contributed by atoms with Crippen LogP contribution in [0.2, 0.25) is 0 Å². The molecule has 28 heavy (non-hydrogen) atoms. The van der Waals surface area contributed by atoms with Crippen LogP contribution in [-0.4, -0.2) is 31.1 Å². The van der Waals surface area contributed by atoms with Crippen LogP contribution in [-0.2, 0) is 14.3 Å². The van der Waals surface area contributed by atoms with Crippen LogP contribution in [0.1, 0.15) is 30.1 Å². The number of nitrogens with one attached hydrogen (secondary N) is 1. The monoisotopic (exact) mass is 379 g/mol. The maximum Gasteiger partial charge on any atom is 0.331 e. The van der Waals surface area contributed by atoms with Gasteiger partial charge in [0.25, 0.3) is 5.91 Å². The largest absolute Gasteiger partial charge is 0.486 e. The van der Waals surface area contributed by atoms with Crippen LogP contribution in [0.5, 0.6) is 11.5 Å². The molecule has 1 amide bonds. The lowest BCUT2D eigenvalue weighted by Crippen LogP contribution is -2.33. The number of carbonyl (C=O) groups is 2. The van der Waals surface area contributed by atoms with Gasteiger partial charge in [-0.15, -0.1) is 0 Å². The molecule has 6 heteroatoms. The maximum atomic E-state index is 12.5. The second kappa shape index (κ2) is 8.17. The van der Waals surface area contributed by atoms with E-state index >= 15 is 0 Å². The van der Waals surface area contributed by atoms with E-state index in [-0.39, 0.29) is 11.9 Å². The van der Waals surface area contributed by atoms with Crippen molar-refractivity contribution in [1.29, 1.82) is 0 Å². The zero-order valence-electron chi connectivity index (χ0n) is 15.3. The first-order valence-corrected chi connectivity index (χ1v) is 9.33. The highest BCUT2D eigenvalue weighted by Gasteiger charge is 2.30. The first-order chi connectivity index (χ1) is 13.7. The number of rotatable bonds is 6. The summed E-state index contributed by atoms with van der Waals surface area (Å²) in [6.07, 6.45) is 3.89.